The zero-order chi connectivity index (χ0) is 13.1. The first kappa shape index (κ1) is 14.2. The summed E-state index contributed by atoms with van der Waals surface area (Å²) in [5, 5.41) is 9.69. The van der Waals surface area contributed by atoms with Crippen LogP contribution in [0.2, 0.25) is 0 Å². The molecule has 0 aliphatic heterocycles. The fraction of sp³-hybridized carbons (Fsp3) is 0.500. The van der Waals surface area contributed by atoms with E-state index in [1.807, 2.05) is 6.92 Å². The van der Waals surface area contributed by atoms with E-state index in [4.69, 9.17) is 0 Å². The summed E-state index contributed by atoms with van der Waals surface area (Å²) in [6.45, 7) is 5.38. The Labute approximate surface area is 103 Å². The van der Waals surface area contributed by atoms with Gasteiger partial charge in [-0.25, -0.2) is 13.1 Å². The van der Waals surface area contributed by atoms with Crippen LogP contribution in [0.25, 0.3) is 0 Å². The number of nitrogens with one attached hydrogen (secondary N) is 1. The average Bonchev–Trinajstić information content (AvgIpc) is 2.26. The summed E-state index contributed by atoms with van der Waals surface area (Å²) in [6.07, 6.45) is -0.0645. The van der Waals surface area contributed by atoms with E-state index in [-0.39, 0.29) is 10.9 Å². The topological polar surface area (TPSA) is 66.4 Å². The Morgan fingerprint density at radius 2 is 2.00 bits per heavy atom. The Morgan fingerprint density at radius 3 is 2.53 bits per heavy atom. The monoisotopic (exact) mass is 257 g/mol. The molecule has 0 amide bonds. The number of rotatable bonds is 5. The van der Waals surface area contributed by atoms with Gasteiger partial charge >= 0.3 is 0 Å². The van der Waals surface area contributed by atoms with Gasteiger partial charge in [-0.15, -0.1) is 0 Å². The van der Waals surface area contributed by atoms with Crippen LogP contribution < -0.4 is 4.72 Å². The highest BCUT2D eigenvalue weighted by Gasteiger charge is 2.16. The Hall–Kier alpha value is -0.910. The van der Waals surface area contributed by atoms with Crippen LogP contribution in [0.5, 0.6) is 0 Å². The lowest BCUT2D eigenvalue weighted by Gasteiger charge is -2.12. The lowest BCUT2D eigenvalue weighted by Crippen LogP contribution is -2.30. The number of sulfonamides is 1. The number of benzene rings is 1. The lowest BCUT2D eigenvalue weighted by molar-refractivity contribution is 0.173. The quantitative estimate of drug-likeness (QED) is 0.845. The number of aliphatic hydroxyl groups excluding tert-OH is 1. The highest BCUT2D eigenvalue weighted by molar-refractivity contribution is 7.89. The van der Waals surface area contributed by atoms with Crippen molar-refractivity contribution < 1.29 is 13.5 Å². The maximum atomic E-state index is 11.9. The van der Waals surface area contributed by atoms with Gasteiger partial charge in [0.1, 0.15) is 0 Å². The largest absolute Gasteiger partial charge is 0.388 e. The minimum atomic E-state index is -3.48. The summed E-state index contributed by atoms with van der Waals surface area (Å²) in [4.78, 5) is 0.191. The van der Waals surface area contributed by atoms with Crippen LogP contribution >= 0.6 is 0 Å². The van der Waals surface area contributed by atoms with Crippen molar-refractivity contribution in [1.82, 2.24) is 4.72 Å². The molecule has 0 spiro atoms. The first-order valence-electron chi connectivity index (χ1n) is 5.67. The SMILES string of the molecule is CCC(O)c1cccc(S(=O)(=O)NC(C)C)c1. The smallest absolute Gasteiger partial charge is 0.240 e. The molecule has 96 valence electrons. The molecule has 0 heterocycles. The first-order chi connectivity index (χ1) is 7.86. The van der Waals surface area contributed by atoms with Crippen molar-refractivity contribution in [3.8, 4) is 0 Å². The summed E-state index contributed by atoms with van der Waals surface area (Å²) >= 11 is 0. The molecule has 0 aliphatic carbocycles. The molecule has 1 aromatic rings. The van der Waals surface area contributed by atoms with Gasteiger partial charge in [-0.05, 0) is 38.0 Å². The molecular weight excluding hydrogens is 238 g/mol. The molecule has 0 radical (unpaired) electrons. The molecule has 17 heavy (non-hydrogen) atoms. The fourth-order valence-electron chi connectivity index (χ4n) is 1.50. The van der Waals surface area contributed by atoms with Crippen molar-refractivity contribution in [2.24, 2.45) is 0 Å². The Morgan fingerprint density at radius 1 is 1.35 bits per heavy atom. The molecule has 1 rings (SSSR count). The first-order valence-corrected chi connectivity index (χ1v) is 7.15. The van der Waals surface area contributed by atoms with Crippen LogP contribution in [0, 0.1) is 0 Å². The molecule has 0 saturated heterocycles. The van der Waals surface area contributed by atoms with E-state index in [0.29, 0.717) is 12.0 Å². The summed E-state index contributed by atoms with van der Waals surface area (Å²) in [5.74, 6) is 0. The number of hydrogen-bond donors (Lipinski definition) is 2. The van der Waals surface area contributed by atoms with Gasteiger partial charge in [-0.1, -0.05) is 19.1 Å². The average molecular weight is 257 g/mol. The normalized spacial score (nSPS) is 13.9. The molecule has 1 aromatic carbocycles. The third kappa shape index (κ3) is 3.80. The summed E-state index contributed by atoms with van der Waals surface area (Å²) < 4.78 is 26.3. The molecular formula is C12H19NO3S. The standard InChI is InChI=1S/C12H19NO3S/c1-4-12(14)10-6-5-7-11(8-10)17(15,16)13-9(2)3/h5-9,12-14H,4H2,1-3H3. The van der Waals surface area contributed by atoms with Gasteiger partial charge in [-0.3, -0.25) is 0 Å². The minimum Gasteiger partial charge on any atom is -0.388 e. The second kappa shape index (κ2) is 5.62. The minimum absolute atomic E-state index is 0.153. The van der Waals surface area contributed by atoms with Gasteiger partial charge in [0.25, 0.3) is 0 Å². The molecule has 0 bridgehead atoms. The summed E-state index contributed by atoms with van der Waals surface area (Å²) in [7, 11) is -3.48. The number of hydrogen-bond acceptors (Lipinski definition) is 3. The maximum Gasteiger partial charge on any atom is 0.240 e. The molecule has 0 saturated carbocycles. The van der Waals surface area contributed by atoms with Crippen LogP contribution in [-0.4, -0.2) is 19.6 Å². The highest BCUT2D eigenvalue weighted by Crippen LogP contribution is 2.19. The van der Waals surface area contributed by atoms with E-state index in [1.165, 1.54) is 12.1 Å². The molecule has 2 N–H and O–H groups in total. The Bertz CT molecular complexity index is 468. The van der Waals surface area contributed by atoms with Crippen molar-refractivity contribution in [3.05, 3.63) is 29.8 Å². The molecule has 1 atom stereocenters. The van der Waals surface area contributed by atoms with Crippen LogP contribution in [0.15, 0.2) is 29.2 Å². The van der Waals surface area contributed by atoms with Gasteiger partial charge < -0.3 is 5.11 Å². The third-order valence-corrected chi connectivity index (χ3v) is 3.99. The van der Waals surface area contributed by atoms with Crippen molar-refractivity contribution in [3.63, 3.8) is 0 Å². The molecule has 4 nitrogen and oxygen atoms in total. The van der Waals surface area contributed by atoms with E-state index in [2.05, 4.69) is 4.72 Å². The third-order valence-electron chi connectivity index (χ3n) is 2.33. The van der Waals surface area contributed by atoms with Gasteiger partial charge in [0.2, 0.25) is 10.0 Å². The van der Waals surface area contributed by atoms with Crippen molar-refractivity contribution >= 4 is 10.0 Å². The molecule has 0 fully saturated rings. The summed E-state index contributed by atoms with van der Waals surface area (Å²) in [6, 6.07) is 6.25. The number of aliphatic hydroxyl groups is 1. The van der Waals surface area contributed by atoms with Gasteiger partial charge in [0, 0.05) is 6.04 Å². The van der Waals surface area contributed by atoms with Crippen molar-refractivity contribution in [1.29, 1.82) is 0 Å². The van der Waals surface area contributed by atoms with E-state index in [0.717, 1.165) is 0 Å². The maximum absolute atomic E-state index is 11.9. The highest BCUT2D eigenvalue weighted by atomic mass is 32.2. The van der Waals surface area contributed by atoms with Gasteiger partial charge in [0.15, 0.2) is 0 Å². The fourth-order valence-corrected chi connectivity index (χ4v) is 2.81. The second-order valence-corrected chi connectivity index (χ2v) is 5.99. The van der Waals surface area contributed by atoms with Crippen LogP contribution in [0.4, 0.5) is 0 Å². The Balaban J connectivity index is 3.07. The van der Waals surface area contributed by atoms with Gasteiger partial charge in [-0.2, -0.15) is 0 Å². The van der Waals surface area contributed by atoms with Crippen molar-refractivity contribution in [2.75, 3.05) is 0 Å². The van der Waals surface area contributed by atoms with E-state index in [1.54, 1.807) is 26.0 Å². The van der Waals surface area contributed by atoms with Crippen LogP contribution in [0.1, 0.15) is 38.9 Å². The zero-order valence-corrected chi connectivity index (χ0v) is 11.2. The van der Waals surface area contributed by atoms with E-state index >= 15 is 0 Å². The molecule has 5 heteroatoms. The second-order valence-electron chi connectivity index (χ2n) is 4.27. The molecule has 0 aliphatic rings. The lowest BCUT2D eigenvalue weighted by atomic mass is 10.1. The van der Waals surface area contributed by atoms with Crippen LogP contribution in [-0.2, 0) is 10.0 Å². The summed E-state index contributed by atoms with van der Waals surface area (Å²) in [5.41, 5.74) is 0.624. The van der Waals surface area contributed by atoms with Gasteiger partial charge in [0.05, 0.1) is 11.0 Å². The predicted octanol–water partition coefficient (Wildman–Crippen LogP) is 1.82. The molecule has 1 unspecified atom stereocenters. The van der Waals surface area contributed by atoms with Crippen molar-refractivity contribution in [2.45, 2.75) is 44.2 Å². The van der Waals surface area contributed by atoms with E-state index < -0.39 is 16.1 Å². The predicted molar refractivity (Wildman–Crippen MR) is 67.2 cm³/mol. The molecule has 0 aromatic heterocycles. The van der Waals surface area contributed by atoms with E-state index in [9.17, 15) is 13.5 Å². The Kier molecular flexibility index (Phi) is 4.68. The van der Waals surface area contributed by atoms with Crippen LogP contribution in [0.3, 0.4) is 0 Å². The zero-order valence-electron chi connectivity index (χ0n) is 10.3.